The summed E-state index contributed by atoms with van der Waals surface area (Å²) in [6, 6.07) is 0. The van der Waals surface area contributed by atoms with Crippen LogP contribution < -0.4 is 0 Å². The molecule has 0 aromatic heterocycles. The van der Waals surface area contributed by atoms with Crippen LogP contribution in [0.4, 0.5) is 0 Å². The van der Waals surface area contributed by atoms with Crippen molar-refractivity contribution in [2.75, 3.05) is 0 Å². The van der Waals surface area contributed by atoms with Gasteiger partial charge in [0.15, 0.2) is 10.1 Å². The van der Waals surface area contributed by atoms with Crippen molar-refractivity contribution in [2.24, 2.45) is 34.0 Å². The molecule has 160 valence electrons. The number of hydrogen-bond donors (Lipinski definition) is 0. The first-order valence-electron chi connectivity index (χ1n) is 11.3. The monoisotopic (exact) mass is 438 g/mol. The Morgan fingerprint density at radius 3 is 2.48 bits per heavy atom. The highest BCUT2D eigenvalue weighted by Gasteiger charge is 2.76. The summed E-state index contributed by atoms with van der Waals surface area (Å²) in [6.45, 7) is 6.34. The molecule has 29 heavy (non-hydrogen) atoms. The maximum Gasteiger partial charge on any atom is 0.302 e. The van der Waals surface area contributed by atoms with Gasteiger partial charge in [-0.1, -0.05) is 48.7 Å². The summed E-state index contributed by atoms with van der Waals surface area (Å²) in [5.41, 5.74) is 1.55. The van der Waals surface area contributed by atoms with Crippen LogP contribution in [0.3, 0.4) is 0 Å². The van der Waals surface area contributed by atoms with Gasteiger partial charge in [-0.3, -0.25) is 9.59 Å². The third-order valence-electron chi connectivity index (χ3n) is 10.2. The van der Waals surface area contributed by atoms with E-state index in [-0.39, 0.29) is 34.1 Å². The number of halogens is 2. The molecular formula is C24H32Cl2O3. The highest BCUT2D eigenvalue weighted by molar-refractivity contribution is 6.61. The summed E-state index contributed by atoms with van der Waals surface area (Å²) in [4.78, 5) is 23.7. The summed E-state index contributed by atoms with van der Waals surface area (Å²) in [5.74, 6) is 1.76. The molecule has 5 aliphatic carbocycles. The fourth-order valence-electron chi connectivity index (χ4n) is 8.56. The molecule has 4 saturated carbocycles. The van der Waals surface area contributed by atoms with Crippen LogP contribution in [0.1, 0.15) is 78.6 Å². The van der Waals surface area contributed by atoms with Gasteiger partial charge in [0.2, 0.25) is 0 Å². The average Bonchev–Trinajstić information content (AvgIpc) is 2.97. The molecular weight excluding hydrogens is 407 g/mol. The van der Waals surface area contributed by atoms with E-state index in [0.29, 0.717) is 24.2 Å². The summed E-state index contributed by atoms with van der Waals surface area (Å²) < 4.78 is 4.36. The number of hydrogen-bond acceptors (Lipinski definition) is 3. The standard InChI is InChI=1S/C24H32Cl2O3/c1-14(27)29-16-6-9-21(2)15(12-16)4-5-17-18(21)7-10-22(3)19(17)8-11-23(22)13-20(28)24(23,25)26/h4,16-19H,5-13H2,1-3H3/t16-,17+,18-,19-,21-,22-,23-/m0/s1. The van der Waals surface area contributed by atoms with Crippen molar-refractivity contribution >= 4 is 35.0 Å². The van der Waals surface area contributed by atoms with E-state index in [9.17, 15) is 9.59 Å². The largest absolute Gasteiger partial charge is 0.462 e. The van der Waals surface area contributed by atoms with Crippen LogP contribution >= 0.6 is 23.2 Å². The Morgan fingerprint density at radius 1 is 1.10 bits per heavy atom. The highest BCUT2D eigenvalue weighted by Crippen LogP contribution is 2.77. The zero-order valence-corrected chi connectivity index (χ0v) is 19.2. The van der Waals surface area contributed by atoms with E-state index in [1.165, 1.54) is 18.9 Å². The van der Waals surface area contributed by atoms with Gasteiger partial charge in [0.25, 0.3) is 0 Å². The van der Waals surface area contributed by atoms with Crippen LogP contribution in [0.15, 0.2) is 11.6 Å². The molecule has 3 nitrogen and oxygen atoms in total. The number of Topliss-reactive ketones (excluding diaryl/α,β-unsaturated/α-hetero) is 1. The van der Waals surface area contributed by atoms with E-state index < -0.39 is 4.33 Å². The number of alkyl halides is 2. The minimum Gasteiger partial charge on any atom is -0.462 e. The van der Waals surface area contributed by atoms with Crippen molar-refractivity contribution in [2.45, 2.75) is 89.0 Å². The van der Waals surface area contributed by atoms with E-state index in [4.69, 9.17) is 27.9 Å². The molecule has 0 N–H and O–H groups in total. The lowest BCUT2D eigenvalue weighted by Gasteiger charge is -2.64. The van der Waals surface area contributed by atoms with E-state index >= 15 is 0 Å². The van der Waals surface area contributed by atoms with E-state index in [1.54, 1.807) is 0 Å². The molecule has 7 atom stereocenters. The van der Waals surface area contributed by atoms with Gasteiger partial charge in [-0.15, -0.1) is 0 Å². The molecule has 0 bridgehead atoms. The molecule has 5 aliphatic rings. The number of esters is 1. The minimum atomic E-state index is -1.19. The highest BCUT2D eigenvalue weighted by atomic mass is 35.5. The van der Waals surface area contributed by atoms with Crippen LogP contribution in [0.2, 0.25) is 0 Å². The first-order chi connectivity index (χ1) is 13.6. The zero-order valence-electron chi connectivity index (χ0n) is 17.7. The van der Waals surface area contributed by atoms with Crippen molar-refractivity contribution in [3.63, 3.8) is 0 Å². The van der Waals surface area contributed by atoms with Crippen LogP contribution in [0, 0.1) is 34.0 Å². The number of rotatable bonds is 1. The molecule has 0 aromatic rings. The van der Waals surface area contributed by atoms with Crippen LogP contribution in [-0.2, 0) is 14.3 Å². The molecule has 1 spiro atoms. The maximum atomic E-state index is 12.2. The predicted molar refractivity (Wildman–Crippen MR) is 114 cm³/mol. The second-order valence-electron chi connectivity index (χ2n) is 11.0. The SMILES string of the molecule is CC(=O)O[C@H]1CC[C@@]2(C)C(=CC[C@@H]3[C@@H]2CC[C@@]2(C)[C@H]3CC[C@]23CC(=O)C3(Cl)Cl)C1. The smallest absolute Gasteiger partial charge is 0.302 e. The van der Waals surface area contributed by atoms with Gasteiger partial charge in [-0.25, -0.2) is 0 Å². The summed E-state index contributed by atoms with van der Waals surface area (Å²) in [5, 5.41) is 0. The Labute approximate surface area is 183 Å². The minimum absolute atomic E-state index is 0.0198. The molecule has 0 amide bonds. The zero-order chi connectivity index (χ0) is 20.8. The van der Waals surface area contributed by atoms with Crippen molar-refractivity contribution in [1.29, 1.82) is 0 Å². The molecule has 0 radical (unpaired) electrons. The number of fused-ring (bicyclic) bond motifs is 6. The topological polar surface area (TPSA) is 43.4 Å². The van der Waals surface area contributed by atoms with E-state index in [2.05, 4.69) is 19.9 Å². The number of carbonyl (C=O) groups excluding carboxylic acids is 2. The number of ketones is 1. The van der Waals surface area contributed by atoms with Crippen LogP contribution in [0.25, 0.3) is 0 Å². The third-order valence-corrected chi connectivity index (χ3v) is 11.3. The Morgan fingerprint density at radius 2 is 1.83 bits per heavy atom. The van der Waals surface area contributed by atoms with Gasteiger partial charge in [-0.05, 0) is 73.5 Å². The normalized spacial score (nSPS) is 50.1. The quantitative estimate of drug-likeness (QED) is 0.285. The van der Waals surface area contributed by atoms with Gasteiger partial charge in [0.05, 0.1) is 0 Å². The molecule has 0 saturated heterocycles. The summed E-state index contributed by atoms with van der Waals surface area (Å²) >= 11 is 13.3. The first-order valence-corrected chi connectivity index (χ1v) is 12.1. The maximum absolute atomic E-state index is 12.2. The lowest BCUT2D eigenvalue weighted by molar-refractivity contribution is -0.153. The van der Waals surface area contributed by atoms with Crippen molar-refractivity contribution in [3.05, 3.63) is 11.6 Å². The molecule has 5 rings (SSSR count). The lowest BCUT2D eigenvalue weighted by atomic mass is 9.43. The van der Waals surface area contributed by atoms with Crippen LogP contribution in [-0.4, -0.2) is 22.2 Å². The third kappa shape index (κ3) is 2.44. The van der Waals surface area contributed by atoms with Gasteiger partial charge in [0, 0.05) is 25.2 Å². The summed E-state index contributed by atoms with van der Waals surface area (Å²) in [6.07, 6.45) is 11.5. The molecule has 0 aromatic carbocycles. The number of ether oxygens (including phenoxy) is 1. The van der Waals surface area contributed by atoms with Gasteiger partial charge in [0.1, 0.15) is 6.10 Å². The van der Waals surface area contributed by atoms with Crippen LogP contribution in [0.5, 0.6) is 0 Å². The molecule has 0 aliphatic heterocycles. The number of carbonyl (C=O) groups is 2. The fraction of sp³-hybridized carbons (Fsp3) is 0.833. The van der Waals surface area contributed by atoms with E-state index in [1.807, 2.05) is 0 Å². The second-order valence-corrected chi connectivity index (χ2v) is 12.3. The summed E-state index contributed by atoms with van der Waals surface area (Å²) in [7, 11) is 0. The predicted octanol–water partition coefficient (Wildman–Crippen LogP) is 6.01. The van der Waals surface area contributed by atoms with E-state index in [0.717, 1.165) is 44.9 Å². The number of allylic oxidation sites excluding steroid dienone is 1. The molecule has 5 heteroatoms. The van der Waals surface area contributed by atoms with Gasteiger partial charge < -0.3 is 4.74 Å². The van der Waals surface area contributed by atoms with Crippen molar-refractivity contribution in [3.8, 4) is 0 Å². The Hall–Kier alpha value is -0.540. The molecule has 4 fully saturated rings. The first kappa shape index (κ1) is 20.4. The van der Waals surface area contributed by atoms with Gasteiger partial charge >= 0.3 is 5.97 Å². The Bertz CT molecular complexity index is 804. The molecule has 0 unspecified atom stereocenters. The van der Waals surface area contributed by atoms with Gasteiger partial charge in [-0.2, -0.15) is 0 Å². The lowest BCUT2D eigenvalue weighted by Crippen LogP contribution is -2.65. The van der Waals surface area contributed by atoms with Crippen molar-refractivity contribution in [1.82, 2.24) is 0 Å². The second kappa shape index (κ2) is 6.25. The average molecular weight is 439 g/mol. The van der Waals surface area contributed by atoms with Crippen molar-refractivity contribution < 1.29 is 14.3 Å². The Kier molecular flexibility index (Phi) is 4.39. The fourth-order valence-corrected chi connectivity index (χ4v) is 9.45. The molecule has 0 heterocycles. The Balaban J connectivity index is 1.43.